The van der Waals surface area contributed by atoms with Gasteiger partial charge in [-0.2, -0.15) is 0 Å². The molecule has 156 valence electrons. The van der Waals surface area contributed by atoms with Gasteiger partial charge in [0.15, 0.2) is 0 Å². The van der Waals surface area contributed by atoms with Crippen molar-refractivity contribution in [2.75, 3.05) is 20.6 Å². The maximum atomic E-state index is 13.0. The molecule has 3 aromatic carbocycles. The van der Waals surface area contributed by atoms with Crippen molar-refractivity contribution in [2.45, 2.75) is 32.2 Å². The lowest BCUT2D eigenvalue weighted by Crippen LogP contribution is -2.42. The van der Waals surface area contributed by atoms with Crippen LogP contribution in [-0.2, 0) is 12.8 Å². The number of aryl methyl sites for hydroxylation is 2. The van der Waals surface area contributed by atoms with Crippen LogP contribution in [0.15, 0.2) is 78.9 Å². The van der Waals surface area contributed by atoms with Gasteiger partial charge in [-0.05, 0) is 67.7 Å². The van der Waals surface area contributed by atoms with Crippen molar-refractivity contribution < 1.29 is 4.79 Å². The number of nitrogens with one attached hydrogen (secondary N) is 1. The predicted molar refractivity (Wildman–Crippen MR) is 126 cm³/mol. The Bertz CT molecular complexity index is 950. The highest BCUT2D eigenvalue weighted by molar-refractivity contribution is 5.95. The van der Waals surface area contributed by atoms with E-state index in [9.17, 15) is 4.79 Å². The van der Waals surface area contributed by atoms with E-state index in [1.807, 2.05) is 38.4 Å². The maximum absolute atomic E-state index is 13.0. The Labute approximate surface area is 180 Å². The molecule has 0 aliphatic carbocycles. The second kappa shape index (κ2) is 10.7. The summed E-state index contributed by atoms with van der Waals surface area (Å²) in [7, 11) is 4.09. The molecule has 0 bridgehead atoms. The Morgan fingerprint density at radius 1 is 0.867 bits per heavy atom. The van der Waals surface area contributed by atoms with Gasteiger partial charge in [-0.15, -0.1) is 0 Å². The van der Waals surface area contributed by atoms with Crippen LogP contribution >= 0.6 is 0 Å². The van der Waals surface area contributed by atoms with Crippen LogP contribution in [0.2, 0.25) is 0 Å². The fraction of sp³-hybridized carbons (Fsp3) is 0.296. The quantitative estimate of drug-likeness (QED) is 0.535. The summed E-state index contributed by atoms with van der Waals surface area (Å²) in [5.74, 6) is -0.0107. The van der Waals surface area contributed by atoms with E-state index in [0.717, 1.165) is 36.9 Å². The molecular weight excluding hydrogens is 368 g/mol. The predicted octanol–water partition coefficient (Wildman–Crippen LogP) is 5.21. The molecule has 30 heavy (non-hydrogen) atoms. The third-order valence-corrected chi connectivity index (χ3v) is 5.34. The highest BCUT2D eigenvalue weighted by Gasteiger charge is 2.15. The van der Waals surface area contributed by atoms with Gasteiger partial charge in [-0.1, -0.05) is 73.7 Å². The first kappa shape index (κ1) is 21.8. The summed E-state index contributed by atoms with van der Waals surface area (Å²) in [5.41, 5.74) is 5.53. The maximum Gasteiger partial charge on any atom is 0.251 e. The van der Waals surface area contributed by atoms with Crippen LogP contribution in [-0.4, -0.2) is 37.5 Å². The van der Waals surface area contributed by atoms with E-state index >= 15 is 0 Å². The molecule has 0 aromatic heterocycles. The van der Waals surface area contributed by atoms with Crippen molar-refractivity contribution in [3.8, 4) is 11.1 Å². The molecule has 3 aromatic rings. The normalized spacial score (nSPS) is 12.0. The van der Waals surface area contributed by atoms with Crippen molar-refractivity contribution in [1.29, 1.82) is 0 Å². The van der Waals surface area contributed by atoms with E-state index in [-0.39, 0.29) is 11.9 Å². The highest BCUT2D eigenvalue weighted by Crippen LogP contribution is 2.22. The summed E-state index contributed by atoms with van der Waals surface area (Å²) in [5, 5.41) is 3.26. The zero-order valence-corrected chi connectivity index (χ0v) is 18.3. The minimum atomic E-state index is -0.0107. The molecule has 1 N–H and O–H groups in total. The first-order valence-electron chi connectivity index (χ1n) is 10.7. The number of benzene rings is 3. The number of hydrogen-bond acceptors (Lipinski definition) is 2. The standard InChI is InChI=1S/C27H32N2O/c1-4-21-12-8-13-23(18-21)24-14-9-15-25(19-24)27(30)28-26(20-29(2)3)17-16-22-10-6-5-7-11-22/h5-15,18-19,26H,4,16-17,20H2,1-3H3,(H,28,30)/t26-/m0/s1. The molecule has 0 radical (unpaired) electrons. The van der Waals surface area contributed by atoms with E-state index in [1.165, 1.54) is 11.1 Å². The summed E-state index contributed by atoms with van der Waals surface area (Å²) >= 11 is 0. The van der Waals surface area contributed by atoms with Gasteiger partial charge in [0.05, 0.1) is 0 Å². The first-order valence-corrected chi connectivity index (χ1v) is 10.7. The van der Waals surface area contributed by atoms with Crippen molar-refractivity contribution in [3.05, 3.63) is 95.6 Å². The van der Waals surface area contributed by atoms with Crippen LogP contribution in [0.25, 0.3) is 11.1 Å². The summed E-state index contributed by atoms with van der Waals surface area (Å²) in [6.45, 7) is 2.97. The van der Waals surface area contributed by atoms with Gasteiger partial charge in [0.1, 0.15) is 0 Å². The summed E-state index contributed by atoms with van der Waals surface area (Å²) in [4.78, 5) is 15.2. The van der Waals surface area contributed by atoms with E-state index in [2.05, 4.69) is 71.7 Å². The lowest BCUT2D eigenvalue weighted by Gasteiger charge is -2.22. The zero-order chi connectivity index (χ0) is 21.3. The van der Waals surface area contributed by atoms with Crippen molar-refractivity contribution >= 4 is 5.91 Å². The third-order valence-electron chi connectivity index (χ3n) is 5.34. The number of likely N-dealkylation sites (N-methyl/N-ethyl adjacent to an activating group) is 1. The van der Waals surface area contributed by atoms with Crippen molar-refractivity contribution in [2.24, 2.45) is 0 Å². The van der Waals surface area contributed by atoms with E-state index in [4.69, 9.17) is 0 Å². The fourth-order valence-electron chi connectivity index (χ4n) is 3.71. The van der Waals surface area contributed by atoms with Crippen molar-refractivity contribution in [1.82, 2.24) is 10.2 Å². The largest absolute Gasteiger partial charge is 0.348 e. The van der Waals surface area contributed by atoms with Gasteiger partial charge in [0, 0.05) is 18.2 Å². The number of hydrogen-bond donors (Lipinski definition) is 1. The number of amides is 1. The Kier molecular flexibility index (Phi) is 7.81. The van der Waals surface area contributed by atoms with Gasteiger partial charge >= 0.3 is 0 Å². The summed E-state index contributed by atoms with van der Waals surface area (Å²) in [6.07, 6.45) is 2.86. The summed E-state index contributed by atoms with van der Waals surface area (Å²) in [6, 6.07) is 27.0. The molecule has 0 heterocycles. The topological polar surface area (TPSA) is 32.3 Å². The Hall–Kier alpha value is -2.91. The number of carbonyl (C=O) groups is 1. The van der Waals surface area contributed by atoms with E-state index in [1.54, 1.807) is 0 Å². The van der Waals surface area contributed by atoms with Gasteiger partial charge < -0.3 is 10.2 Å². The smallest absolute Gasteiger partial charge is 0.251 e. The van der Waals surface area contributed by atoms with Gasteiger partial charge in [0.2, 0.25) is 0 Å². The molecule has 0 unspecified atom stereocenters. The second-order valence-electron chi connectivity index (χ2n) is 8.09. The number of carbonyl (C=O) groups excluding carboxylic acids is 1. The van der Waals surface area contributed by atoms with Crippen LogP contribution in [0.1, 0.15) is 34.8 Å². The Balaban J connectivity index is 1.71. The monoisotopic (exact) mass is 400 g/mol. The van der Waals surface area contributed by atoms with Crippen LogP contribution in [0.5, 0.6) is 0 Å². The zero-order valence-electron chi connectivity index (χ0n) is 18.3. The average molecular weight is 401 g/mol. The molecule has 3 heteroatoms. The van der Waals surface area contributed by atoms with Gasteiger partial charge in [-0.25, -0.2) is 0 Å². The molecule has 3 rings (SSSR count). The first-order chi connectivity index (χ1) is 14.5. The van der Waals surface area contributed by atoms with E-state index < -0.39 is 0 Å². The van der Waals surface area contributed by atoms with Crippen LogP contribution in [0.3, 0.4) is 0 Å². The average Bonchev–Trinajstić information content (AvgIpc) is 2.78. The molecule has 3 nitrogen and oxygen atoms in total. The highest BCUT2D eigenvalue weighted by atomic mass is 16.1. The number of rotatable bonds is 9. The SMILES string of the molecule is CCc1cccc(-c2cccc(C(=O)N[C@@H](CCc3ccccc3)CN(C)C)c2)c1. The van der Waals surface area contributed by atoms with Crippen LogP contribution in [0, 0.1) is 0 Å². The molecule has 0 aliphatic rings. The lowest BCUT2D eigenvalue weighted by atomic mass is 9.99. The molecule has 0 spiro atoms. The van der Waals surface area contributed by atoms with Crippen molar-refractivity contribution in [3.63, 3.8) is 0 Å². The molecule has 1 atom stereocenters. The second-order valence-corrected chi connectivity index (χ2v) is 8.09. The molecule has 0 saturated heterocycles. The molecule has 0 saturated carbocycles. The molecule has 0 fully saturated rings. The van der Waals surface area contributed by atoms with Gasteiger partial charge in [-0.3, -0.25) is 4.79 Å². The molecule has 0 aliphatic heterocycles. The fourth-order valence-corrected chi connectivity index (χ4v) is 3.71. The molecule has 1 amide bonds. The third kappa shape index (κ3) is 6.30. The minimum absolute atomic E-state index is 0.0107. The molecular formula is C27H32N2O. The Morgan fingerprint density at radius 2 is 1.53 bits per heavy atom. The van der Waals surface area contributed by atoms with Crippen LogP contribution < -0.4 is 5.32 Å². The van der Waals surface area contributed by atoms with Crippen LogP contribution in [0.4, 0.5) is 0 Å². The summed E-state index contributed by atoms with van der Waals surface area (Å²) < 4.78 is 0. The minimum Gasteiger partial charge on any atom is -0.348 e. The lowest BCUT2D eigenvalue weighted by molar-refractivity contribution is 0.0928. The number of nitrogens with zero attached hydrogens (tertiary/aromatic N) is 1. The van der Waals surface area contributed by atoms with Gasteiger partial charge in [0.25, 0.3) is 5.91 Å². The Morgan fingerprint density at radius 3 is 2.23 bits per heavy atom. The van der Waals surface area contributed by atoms with E-state index in [0.29, 0.717) is 5.56 Å².